The van der Waals surface area contributed by atoms with Gasteiger partial charge in [-0.15, -0.1) is 0 Å². The highest BCUT2D eigenvalue weighted by molar-refractivity contribution is 5.96. The van der Waals surface area contributed by atoms with Gasteiger partial charge in [-0.1, -0.05) is 61.5 Å². The van der Waals surface area contributed by atoms with Crippen molar-refractivity contribution in [2.24, 2.45) is 11.7 Å². The van der Waals surface area contributed by atoms with E-state index in [-0.39, 0.29) is 6.42 Å². The maximum atomic E-state index is 11.9. The first-order chi connectivity index (χ1) is 16.5. The number of rotatable bonds is 7. The number of nitrogens with one attached hydrogen (secondary N) is 1. The molecule has 0 spiro atoms. The lowest BCUT2D eigenvalue weighted by molar-refractivity contribution is -0.137. The average molecular weight is 462 g/mol. The zero-order valence-corrected chi connectivity index (χ0v) is 19.9. The molecule has 0 saturated heterocycles. The number of fused-ring (bicyclic) bond motifs is 1. The molecular weight excluding hydrogens is 426 g/mol. The molecule has 2 aliphatic rings. The Bertz CT molecular complexity index is 1030. The van der Waals surface area contributed by atoms with Crippen LogP contribution in [0.2, 0.25) is 0 Å². The van der Waals surface area contributed by atoms with Crippen LogP contribution in [0.25, 0.3) is 0 Å². The number of urea groups is 1. The molecule has 2 aromatic carbocycles. The number of anilines is 1. The summed E-state index contributed by atoms with van der Waals surface area (Å²) in [7, 11) is 0. The van der Waals surface area contributed by atoms with Gasteiger partial charge in [-0.3, -0.25) is 9.69 Å². The number of hydrogen-bond acceptors (Lipinski definition) is 3. The first-order valence-electron chi connectivity index (χ1n) is 12.0. The van der Waals surface area contributed by atoms with Gasteiger partial charge in [0, 0.05) is 18.7 Å². The van der Waals surface area contributed by atoms with Gasteiger partial charge in [0.1, 0.15) is 0 Å². The molecule has 0 bridgehead atoms. The Morgan fingerprint density at radius 3 is 2.53 bits per heavy atom. The summed E-state index contributed by atoms with van der Waals surface area (Å²) in [6.07, 6.45) is 9.12. The van der Waals surface area contributed by atoms with Gasteiger partial charge in [0.25, 0.3) is 0 Å². The summed E-state index contributed by atoms with van der Waals surface area (Å²) in [5.41, 5.74) is 11.3. The molecule has 4 N–H and O–H groups in total. The minimum atomic E-state index is -0.710. The van der Waals surface area contributed by atoms with E-state index in [2.05, 4.69) is 36.5 Å². The molecule has 1 atom stereocenters. The minimum absolute atomic E-state index is 0.271. The van der Waals surface area contributed by atoms with E-state index >= 15 is 0 Å². The van der Waals surface area contributed by atoms with Crippen LogP contribution in [-0.2, 0) is 17.8 Å². The Hall–Kier alpha value is -3.38. The van der Waals surface area contributed by atoms with Crippen molar-refractivity contribution in [1.29, 1.82) is 0 Å². The Labute approximate surface area is 202 Å². The highest BCUT2D eigenvalue weighted by Gasteiger charge is 2.28. The first-order valence-corrected chi connectivity index (χ1v) is 12.0. The van der Waals surface area contributed by atoms with Gasteiger partial charge in [0.2, 0.25) is 0 Å². The zero-order valence-electron chi connectivity index (χ0n) is 19.9. The monoisotopic (exact) mass is 461 g/mol. The molecule has 180 valence electrons. The normalized spacial score (nSPS) is 16.6. The van der Waals surface area contributed by atoms with Crippen LogP contribution in [0.1, 0.15) is 50.2 Å². The number of benzene rings is 2. The van der Waals surface area contributed by atoms with Crippen molar-refractivity contribution in [3.05, 3.63) is 89.1 Å². The van der Waals surface area contributed by atoms with E-state index in [0.29, 0.717) is 5.92 Å². The molecule has 0 radical (unpaired) electrons. The van der Waals surface area contributed by atoms with Gasteiger partial charge in [-0.25, -0.2) is 4.79 Å². The fourth-order valence-electron chi connectivity index (χ4n) is 4.41. The van der Waals surface area contributed by atoms with Crippen LogP contribution in [-0.4, -0.2) is 23.7 Å². The van der Waals surface area contributed by atoms with Crippen LogP contribution >= 0.6 is 0 Å². The summed E-state index contributed by atoms with van der Waals surface area (Å²) in [6.45, 7) is 3.95. The van der Waals surface area contributed by atoms with E-state index in [1.165, 1.54) is 16.7 Å². The number of unbranched alkanes of at least 4 members (excludes halogenated alkanes) is 1. The van der Waals surface area contributed by atoms with Crippen molar-refractivity contribution in [3.63, 3.8) is 0 Å². The van der Waals surface area contributed by atoms with Gasteiger partial charge in [-0.05, 0) is 73.4 Å². The number of para-hydroxylation sites is 1. The third-order valence-electron chi connectivity index (χ3n) is 6.21. The molecule has 0 aromatic heterocycles. The summed E-state index contributed by atoms with van der Waals surface area (Å²) in [6, 6.07) is 17.8. The number of amides is 2. The Balaban J connectivity index is 0.000000197. The molecule has 1 aliphatic carbocycles. The molecule has 0 fully saturated rings. The fraction of sp³-hybridized carbons (Fsp3) is 0.357. The molecular formula is C28H35N3O3. The van der Waals surface area contributed by atoms with Gasteiger partial charge in [0.05, 0.1) is 5.69 Å². The van der Waals surface area contributed by atoms with E-state index in [0.717, 1.165) is 56.6 Å². The number of aliphatic carboxylic acids is 1. The standard InChI is InChI=1S/C16H18N2O.C12H17NO2/c1-11-5-4-8-15-13(11)10-9-12-6-2-3-7-14(12)18(15)16(17)19;14-12(15)8-4-5-9-13-10-11-6-2-1-3-7-11/h2-4,6-8,11H,5,9-10H2,1H3,(H2,17,19);1-3,6-7,13H,4-5,8-10H2,(H,14,15). The summed E-state index contributed by atoms with van der Waals surface area (Å²) in [5.74, 6) is -0.228. The number of nitrogens with zero attached hydrogens (tertiary/aromatic N) is 1. The summed E-state index contributed by atoms with van der Waals surface area (Å²) in [4.78, 5) is 23.8. The summed E-state index contributed by atoms with van der Waals surface area (Å²) in [5, 5.41) is 11.7. The molecule has 6 heteroatoms. The van der Waals surface area contributed by atoms with Crippen molar-refractivity contribution in [2.45, 2.75) is 52.0 Å². The number of carbonyl (C=O) groups is 2. The lowest BCUT2D eigenvalue weighted by Crippen LogP contribution is -2.36. The SMILES string of the molecule is CC1CC=CC2=C1CCc1ccccc1N2C(N)=O.O=C(O)CCCCNCc1ccccc1. The highest BCUT2D eigenvalue weighted by Crippen LogP contribution is 2.38. The van der Waals surface area contributed by atoms with E-state index in [9.17, 15) is 9.59 Å². The first kappa shape index (κ1) is 25.2. The number of allylic oxidation sites excluding steroid dienone is 3. The topological polar surface area (TPSA) is 95.7 Å². The van der Waals surface area contributed by atoms with Crippen molar-refractivity contribution in [1.82, 2.24) is 5.32 Å². The Kier molecular flexibility index (Phi) is 9.47. The molecule has 0 saturated carbocycles. The molecule has 34 heavy (non-hydrogen) atoms. The van der Waals surface area contributed by atoms with Gasteiger partial charge >= 0.3 is 12.0 Å². The van der Waals surface area contributed by atoms with Crippen molar-refractivity contribution in [2.75, 3.05) is 11.4 Å². The van der Waals surface area contributed by atoms with Gasteiger partial charge < -0.3 is 16.2 Å². The number of carboxylic acid groups (broad SMARTS) is 1. The number of carboxylic acids is 1. The van der Waals surface area contributed by atoms with Crippen LogP contribution in [0.4, 0.5) is 10.5 Å². The third-order valence-corrected chi connectivity index (χ3v) is 6.21. The predicted octanol–water partition coefficient (Wildman–Crippen LogP) is 5.40. The maximum absolute atomic E-state index is 11.9. The number of nitrogens with two attached hydrogens (primary N) is 1. The van der Waals surface area contributed by atoms with E-state index in [1.54, 1.807) is 4.90 Å². The fourth-order valence-corrected chi connectivity index (χ4v) is 4.41. The summed E-state index contributed by atoms with van der Waals surface area (Å²) >= 11 is 0. The Morgan fingerprint density at radius 2 is 1.79 bits per heavy atom. The average Bonchev–Trinajstić information content (AvgIpc) is 3.00. The van der Waals surface area contributed by atoms with Crippen LogP contribution in [0.15, 0.2) is 78.0 Å². The third kappa shape index (κ3) is 7.06. The number of carbonyl (C=O) groups excluding carboxylic acids is 1. The van der Waals surface area contributed by atoms with Crippen LogP contribution in [0.5, 0.6) is 0 Å². The summed E-state index contributed by atoms with van der Waals surface area (Å²) < 4.78 is 0. The van der Waals surface area contributed by atoms with E-state index in [4.69, 9.17) is 10.8 Å². The van der Waals surface area contributed by atoms with Crippen LogP contribution in [0, 0.1) is 5.92 Å². The molecule has 2 aromatic rings. The van der Waals surface area contributed by atoms with Crippen molar-refractivity contribution >= 4 is 17.7 Å². The van der Waals surface area contributed by atoms with Crippen molar-refractivity contribution in [3.8, 4) is 0 Å². The van der Waals surface area contributed by atoms with Crippen LogP contribution < -0.4 is 16.0 Å². The molecule has 1 aliphatic heterocycles. The van der Waals surface area contributed by atoms with Gasteiger partial charge in [0.15, 0.2) is 0 Å². The quantitative estimate of drug-likeness (QED) is 0.481. The molecule has 2 amide bonds. The molecule has 1 unspecified atom stereocenters. The lowest BCUT2D eigenvalue weighted by Gasteiger charge is -2.28. The second-order valence-electron chi connectivity index (χ2n) is 8.77. The van der Waals surface area contributed by atoms with Crippen molar-refractivity contribution < 1.29 is 14.7 Å². The highest BCUT2D eigenvalue weighted by atomic mass is 16.4. The lowest BCUT2D eigenvalue weighted by atomic mass is 9.88. The number of primary amides is 1. The predicted molar refractivity (Wildman–Crippen MR) is 136 cm³/mol. The zero-order chi connectivity index (χ0) is 24.3. The van der Waals surface area contributed by atoms with E-state index in [1.807, 2.05) is 42.5 Å². The molecule has 1 heterocycles. The van der Waals surface area contributed by atoms with Gasteiger partial charge in [-0.2, -0.15) is 0 Å². The van der Waals surface area contributed by atoms with Crippen LogP contribution in [0.3, 0.4) is 0 Å². The number of hydrogen-bond donors (Lipinski definition) is 3. The number of aryl methyl sites for hydroxylation is 1. The minimum Gasteiger partial charge on any atom is -0.481 e. The molecule has 6 nitrogen and oxygen atoms in total. The Morgan fingerprint density at radius 1 is 1.06 bits per heavy atom. The second kappa shape index (κ2) is 12.8. The molecule has 4 rings (SSSR count). The maximum Gasteiger partial charge on any atom is 0.323 e. The second-order valence-corrected chi connectivity index (χ2v) is 8.77. The smallest absolute Gasteiger partial charge is 0.323 e. The largest absolute Gasteiger partial charge is 0.481 e. The van der Waals surface area contributed by atoms with E-state index < -0.39 is 12.0 Å².